The van der Waals surface area contributed by atoms with E-state index in [1.165, 1.54) is 0 Å². The molecule has 0 N–H and O–H groups in total. The van der Waals surface area contributed by atoms with E-state index in [0.29, 0.717) is 39.0 Å². The van der Waals surface area contributed by atoms with Crippen molar-refractivity contribution in [1.82, 2.24) is 9.80 Å². The molecule has 0 atom stereocenters. The van der Waals surface area contributed by atoms with Crippen molar-refractivity contribution in [3.05, 3.63) is 71.8 Å². The van der Waals surface area contributed by atoms with E-state index in [1.54, 1.807) is 0 Å². The van der Waals surface area contributed by atoms with Gasteiger partial charge in [-0.25, -0.2) is 0 Å². The van der Waals surface area contributed by atoms with Gasteiger partial charge in [0, 0.05) is 44.9 Å². The van der Waals surface area contributed by atoms with Crippen molar-refractivity contribution < 1.29 is 9.59 Å². The van der Waals surface area contributed by atoms with Crippen LogP contribution in [-0.2, 0) is 9.59 Å². The molecule has 3 rings (SSSR count). The van der Waals surface area contributed by atoms with E-state index >= 15 is 0 Å². The molecular formula is C22H26N2O2. The monoisotopic (exact) mass is 350 g/mol. The first-order valence-electron chi connectivity index (χ1n) is 9.34. The molecule has 136 valence electrons. The van der Waals surface area contributed by atoms with Crippen LogP contribution in [0.5, 0.6) is 0 Å². The third-order valence-corrected chi connectivity index (χ3v) is 5.07. The van der Waals surface area contributed by atoms with Gasteiger partial charge in [-0.1, -0.05) is 67.6 Å². The smallest absolute Gasteiger partial charge is 0.223 e. The van der Waals surface area contributed by atoms with Gasteiger partial charge < -0.3 is 9.80 Å². The Balaban J connectivity index is 1.70. The molecule has 0 saturated carbocycles. The summed E-state index contributed by atoms with van der Waals surface area (Å²) in [5.74, 6) is 0.384. The maximum absolute atomic E-state index is 12.9. The molecule has 2 aromatic carbocycles. The van der Waals surface area contributed by atoms with Gasteiger partial charge in [-0.05, 0) is 11.1 Å². The van der Waals surface area contributed by atoms with Crippen LogP contribution >= 0.6 is 0 Å². The molecule has 2 amide bonds. The van der Waals surface area contributed by atoms with Crippen LogP contribution in [0, 0.1) is 0 Å². The van der Waals surface area contributed by atoms with Crippen LogP contribution in [0.1, 0.15) is 36.8 Å². The average Bonchev–Trinajstić information content (AvgIpc) is 2.72. The summed E-state index contributed by atoms with van der Waals surface area (Å²) >= 11 is 0. The van der Waals surface area contributed by atoms with Gasteiger partial charge in [0.05, 0.1) is 0 Å². The number of piperazine rings is 1. The zero-order valence-electron chi connectivity index (χ0n) is 15.3. The number of rotatable bonds is 5. The van der Waals surface area contributed by atoms with Crippen LogP contribution in [0.2, 0.25) is 0 Å². The van der Waals surface area contributed by atoms with E-state index in [9.17, 15) is 9.59 Å². The highest BCUT2D eigenvalue weighted by Crippen LogP contribution is 2.28. The number of hydrogen-bond donors (Lipinski definition) is 0. The summed E-state index contributed by atoms with van der Waals surface area (Å²) in [5, 5.41) is 0. The second-order valence-corrected chi connectivity index (χ2v) is 6.69. The molecule has 0 radical (unpaired) electrons. The highest BCUT2D eigenvalue weighted by molar-refractivity contribution is 5.79. The fourth-order valence-electron chi connectivity index (χ4n) is 3.53. The zero-order valence-corrected chi connectivity index (χ0v) is 15.3. The first-order chi connectivity index (χ1) is 12.7. The lowest BCUT2D eigenvalue weighted by atomic mass is 9.88. The van der Waals surface area contributed by atoms with Crippen molar-refractivity contribution in [2.45, 2.75) is 25.7 Å². The second-order valence-electron chi connectivity index (χ2n) is 6.69. The van der Waals surface area contributed by atoms with E-state index in [4.69, 9.17) is 0 Å². The number of hydrogen-bond acceptors (Lipinski definition) is 2. The SMILES string of the molecule is CCC(=O)N1CCN(C(=O)CC(c2ccccc2)c2ccccc2)CC1. The van der Waals surface area contributed by atoms with Crippen LogP contribution in [-0.4, -0.2) is 47.8 Å². The van der Waals surface area contributed by atoms with Crippen molar-refractivity contribution >= 4 is 11.8 Å². The Bertz CT molecular complexity index is 683. The van der Waals surface area contributed by atoms with E-state index in [1.807, 2.05) is 53.1 Å². The molecule has 26 heavy (non-hydrogen) atoms. The average molecular weight is 350 g/mol. The van der Waals surface area contributed by atoms with E-state index in [0.717, 1.165) is 11.1 Å². The summed E-state index contributed by atoms with van der Waals surface area (Å²) in [6, 6.07) is 20.4. The molecule has 0 bridgehead atoms. The molecule has 0 spiro atoms. The second kappa shape index (κ2) is 8.65. The Morgan fingerprint density at radius 2 is 1.19 bits per heavy atom. The summed E-state index contributed by atoms with van der Waals surface area (Å²) < 4.78 is 0. The lowest BCUT2D eigenvalue weighted by molar-refractivity contribution is -0.139. The van der Waals surface area contributed by atoms with Crippen LogP contribution < -0.4 is 0 Å². The quantitative estimate of drug-likeness (QED) is 0.830. The molecule has 4 heteroatoms. The molecular weight excluding hydrogens is 324 g/mol. The van der Waals surface area contributed by atoms with Crippen molar-refractivity contribution in [3.8, 4) is 0 Å². The Hall–Kier alpha value is -2.62. The van der Waals surface area contributed by atoms with Crippen molar-refractivity contribution in [2.75, 3.05) is 26.2 Å². The number of nitrogens with zero attached hydrogens (tertiary/aromatic N) is 2. The lowest BCUT2D eigenvalue weighted by Gasteiger charge is -2.35. The van der Waals surface area contributed by atoms with Gasteiger partial charge in [0.25, 0.3) is 0 Å². The number of carbonyl (C=O) groups excluding carboxylic acids is 2. The highest BCUT2D eigenvalue weighted by Gasteiger charge is 2.26. The molecule has 1 saturated heterocycles. The van der Waals surface area contributed by atoms with Crippen molar-refractivity contribution in [1.29, 1.82) is 0 Å². The zero-order chi connectivity index (χ0) is 18.4. The van der Waals surface area contributed by atoms with E-state index in [2.05, 4.69) is 24.3 Å². The summed E-state index contributed by atoms with van der Waals surface area (Å²) in [4.78, 5) is 28.5. The normalized spacial score (nSPS) is 14.5. The molecule has 0 aromatic heterocycles. The van der Waals surface area contributed by atoms with Gasteiger partial charge in [-0.2, -0.15) is 0 Å². The van der Waals surface area contributed by atoms with Crippen LogP contribution in [0.3, 0.4) is 0 Å². The molecule has 1 heterocycles. The molecule has 0 unspecified atom stereocenters. The van der Waals surface area contributed by atoms with Gasteiger partial charge in [-0.15, -0.1) is 0 Å². The van der Waals surface area contributed by atoms with E-state index < -0.39 is 0 Å². The molecule has 1 aliphatic heterocycles. The number of benzene rings is 2. The predicted octanol–water partition coefficient (Wildman–Crippen LogP) is 3.29. The summed E-state index contributed by atoms with van der Waals surface area (Å²) in [6.45, 7) is 4.41. The Morgan fingerprint density at radius 1 is 0.769 bits per heavy atom. The van der Waals surface area contributed by atoms with Crippen molar-refractivity contribution in [3.63, 3.8) is 0 Å². The third kappa shape index (κ3) is 4.31. The van der Waals surface area contributed by atoms with Gasteiger partial charge >= 0.3 is 0 Å². The third-order valence-electron chi connectivity index (χ3n) is 5.07. The Labute approximate surface area is 155 Å². The highest BCUT2D eigenvalue weighted by atomic mass is 16.2. The van der Waals surface area contributed by atoms with Gasteiger partial charge in [0.15, 0.2) is 0 Å². The van der Waals surface area contributed by atoms with Gasteiger partial charge in [-0.3, -0.25) is 9.59 Å². The maximum atomic E-state index is 12.9. The molecule has 1 fully saturated rings. The van der Waals surface area contributed by atoms with Gasteiger partial charge in [0.2, 0.25) is 11.8 Å². The van der Waals surface area contributed by atoms with Crippen molar-refractivity contribution in [2.24, 2.45) is 0 Å². The molecule has 2 aromatic rings. The van der Waals surface area contributed by atoms with Crippen LogP contribution in [0.25, 0.3) is 0 Å². The summed E-state index contributed by atoms with van der Waals surface area (Å²) in [7, 11) is 0. The number of amides is 2. The molecule has 1 aliphatic rings. The molecule has 4 nitrogen and oxygen atoms in total. The van der Waals surface area contributed by atoms with Gasteiger partial charge in [0.1, 0.15) is 0 Å². The largest absolute Gasteiger partial charge is 0.339 e. The molecule has 0 aliphatic carbocycles. The number of carbonyl (C=O) groups is 2. The Morgan fingerprint density at radius 3 is 1.62 bits per heavy atom. The Kier molecular flexibility index (Phi) is 6.05. The minimum Gasteiger partial charge on any atom is -0.339 e. The minimum atomic E-state index is 0.0557. The topological polar surface area (TPSA) is 40.6 Å². The first kappa shape index (κ1) is 18.2. The lowest BCUT2D eigenvalue weighted by Crippen LogP contribution is -2.50. The summed E-state index contributed by atoms with van der Waals surface area (Å²) in [5.41, 5.74) is 2.32. The standard InChI is InChI=1S/C22H26N2O2/c1-2-21(25)23-13-15-24(16-14-23)22(26)17-20(18-9-5-3-6-10-18)19-11-7-4-8-12-19/h3-12,20H,2,13-17H2,1H3. The fourth-order valence-corrected chi connectivity index (χ4v) is 3.53. The van der Waals surface area contributed by atoms with Crippen LogP contribution in [0.15, 0.2) is 60.7 Å². The maximum Gasteiger partial charge on any atom is 0.223 e. The fraction of sp³-hybridized carbons (Fsp3) is 0.364. The van der Waals surface area contributed by atoms with E-state index in [-0.39, 0.29) is 17.7 Å². The summed E-state index contributed by atoms with van der Waals surface area (Å²) in [6.07, 6.45) is 0.980. The van der Waals surface area contributed by atoms with Crippen LogP contribution in [0.4, 0.5) is 0 Å². The first-order valence-corrected chi connectivity index (χ1v) is 9.34. The predicted molar refractivity (Wildman–Crippen MR) is 103 cm³/mol. The minimum absolute atomic E-state index is 0.0557.